The Morgan fingerprint density at radius 3 is 2.67 bits per heavy atom. The van der Waals surface area contributed by atoms with Crippen LogP contribution in [0.2, 0.25) is 0 Å². The zero-order valence-corrected chi connectivity index (χ0v) is 10.4. The lowest BCUT2D eigenvalue weighted by molar-refractivity contribution is -0.116. The molecule has 3 N–H and O–H groups in total. The van der Waals surface area contributed by atoms with E-state index in [1.165, 1.54) is 0 Å². The molecule has 0 radical (unpaired) electrons. The molecule has 0 heterocycles. The third kappa shape index (κ3) is 3.61. The second-order valence-corrected chi connectivity index (χ2v) is 4.64. The minimum Gasteiger partial charge on any atom is -0.341 e. The smallest absolute Gasteiger partial charge is 0.296 e. The maximum atomic E-state index is 11.7. The van der Waals surface area contributed by atoms with E-state index < -0.39 is 0 Å². The molecule has 1 saturated carbocycles. The fourth-order valence-electron chi connectivity index (χ4n) is 2.19. The Kier molecular flexibility index (Phi) is 4.38. The second-order valence-electron chi connectivity index (χ2n) is 4.64. The summed E-state index contributed by atoms with van der Waals surface area (Å²) < 4.78 is 0. The summed E-state index contributed by atoms with van der Waals surface area (Å²) in [5.41, 5.74) is 6.82. The van der Waals surface area contributed by atoms with Crippen molar-refractivity contribution in [3.8, 4) is 11.8 Å². The van der Waals surface area contributed by atoms with Gasteiger partial charge in [-0.3, -0.25) is 4.79 Å². The van der Waals surface area contributed by atoms with Crippen molar-refractivity contribution in [2.75, 3.05) is 0 Å². The van der Waals surface area contributed by atoms with E-state index in [1.54, 1.807) is 0 Å². The minimum absolute atomic E-state index is 0.0706. The average Bonchev–Trinajstić information content (AvgIpc) is 2.40. The van der Waals surface area contributed by atoms with Gasteiger partial charge in [0, 0.05) is 23.6 Å². The maximum Gasteiger partial charge on any atom is 0.296 e. The van der Waals surface area contributed by atoms with Crippen LogP contribution < -0.4 is 11.1 Å². The number of benzene rings is 1. The van der Waals surface area contributed by atoms with Crippen molar-refractivity contribution in [1.82, 2.24) is 5.32 Å². The van der Waals surface area contributed by atoms with E-state index in [4.69, 9.17) is 5.73 Å². The minimum atomic E-state index is -0.235. The quantitative estimate of drug-likeness (QED) is 0.732. The predicted molar refractivity (Wildman–Crippen MR) is 71.7 cm³/mol. The Hall–Kier alpha value is -1.79. The molecule has 0 saturated heterocycles. The van der Waals surface area contributed by atoms with E-state index in [9.17, 15) is 4.79 Å². The number of amides is 1. The molecule has 0 aromatic heterocycles. The van der Waals surface area contributed by atoms with Gasteiger partial charge in [-0.15, -0.1) is 0 Å². The number of nitrogens with one attached hydrogen (secondary N) is 1. The van der Waals surface area contributed by atoms with Gasteiger partial charge in [-0.25, -0.2) is 0 Å². The highest BCUT2D eigenvalue weighted by Gasteiger charge is 2.22. The standard InChI is InChI=1S/C15H18N2O/c16-13-8-4-5-9-14(13)17-15(18)11-10-12-6-2-1-3-7-12/h1-3,6-7,13-14H,4-5,8-9,16H2,(H,17,18)/t13-,14-/m1/s1. The van der Waals surface area contributed by atoms with Crippen LogP contribution in [0.25, 0.3) is 0 Å². The van der Waals surface area contributed by atoms with Crippen molar-refractivity contribution in [2.24, 2.45) is 5.73 Å². The predicted octanol–water partition coefficient (Wildman–Crippen LogP) is 1.42. The van der Waals surface area contributed by atoms with Crippen LogP contribution in [0, 0.1) is 11.8 Å². The highest BCUT2D eigenvalue weighted by molar-refractivity contribution is 5.94. The van der Waals surface area contributed by atoms with E-state index in [1.807, 2.05) is 30.3 Å². The molecule has 0 bridgehead atoms. The lowest BCUT2D eigenvalue weighted by Gasteiger charge is -2.28. The third-order valence-corrected chi connectivity index (χ3v) is 3.23. The molecule has 94 valence electrons. The van der Waals surface area contributed by atoms with Gasteiger partial charge in [0.1, 0.15) is 0 Å². The molecule has 0 unspecified atom stereocenters. The first-order valence-electron chi connectivity index (χ1n) is 6.39. The molecule has 1 fully saturated rings. The van der Waals surface area contributed by atoms with Gasteiger partial charge in [0.2, 0.25) is 0 Å². The molecule has 2 atom stereocenters. The molecule has 1 aliphatic carbocycles. The third-order valence-electron chi connectivity index (χ3n) is 3.23. The highest BCUT2D eigenvalue weighted by atomic mass is 16.1. The van der Waals surface area contributed by atoms with Crippen molar-refractivity contribution >= 4 is 5.91 Å². The number of nitrogens with two attached hydrogens (primary N) is 1. The normalized spacial score (nSPS) is 22.7. The van der Waals surface area contributed by atoms with E-state index in [2.05, 4.69) is 17.2 Å². The van der Waals surface area contributed by atoms with Gasteiger partial charge in [0.05, 0.1) is 0 Å². The Morgan fingerprint density at radius 1 is 1.22 bits per heavy atom. The first-order chi connectivity index (χ1) is 8.75. The zero-order valence-electron chi connectivity index (χ0n) is 10.4. The van der Waals surface area contributed by atoms with Crippen LogP contribution in [0.3, 0.4) is 0 Å². The summed E-state index contributed by atoms with van der Waals surface area (Å²) in [7, 11) is 0. The van der Waals surface area contributed by atoms with Crippen LogP contribution >= 0.6 is 0 Å². The summed E-state index contributed by atoms with van der Waals surface area (Å²) in [6, 6.07) is 9.64. The molecule has 2 rings (SSSR count). The number of rotatable bonds is 1. The maximum absolute atomic E-state index is 11.7. The zero-order chi connectivity index (χ0) is 12.8. The average molecular weight is 242 g/mol. The van der Waals surface area contributed by atoms with E-state index in [0.29, 0.717) is 0 Å². The van der Waals surface area contributed by atoms with Gasteiger partial charge in [0.15, 0.2) is 0 Å². The molecule has 1 aliphatic rings. The molecule has 3 heteroatoms. The topological polar surface area (TPSA) is 55.1 Å². The molecule has 1 aromatic carbocycles. The van der Waals surface area contributed by atoms with Gasteiger partial charge < -0.3 is 11.1 Å². The largest absolute Gasteiger partial charge is 0.341 e. The van der Waals surface area contributed by atoms with Gasteiger partial charge in [0.25, 0.3) is 5.91 Å². The van der Waals surface area contributed by atoms with Crippen LogP contribution in [0.1, 0.15) is 31.2 Å². The molecule has 3 nitrogen and oxygen atoms in total. The van der Waals surface area contributed by atoms with Gasteiger partial charge in [-0.2, -0.15) is 0 Å². The van der Waals surface area contributed by atoms with E-state index in [0.717, 1.165) is 31.2 Å². The van der Waals surface area contributed by atoms with Crippen LogP contribution in [0.5, 0.6) is 0 Å². The monoisotopic (exact) mass is 242 g/mol. The molecule has 0 aliphatic heterocycles. The first kappa shape index (κ1) is 12.7. The van der Waals surface area contributed by atoms with E-state index in [-0.39, 0.29) is 18.0 Å². The number of carbonyl (C=O) groups excluding carboxylic acids is 1. The fraction of sp³-hybridized carbons (Fsp3) is 0.400. The summed E-state index contributed by atoms with van der Waals surface area (Å²) in [6.07, 6.45) is 4.23. The van der Waals surface area contributed by atoms with Crippen molar-refractivity contribution in [1.29, 1.82) is 0 Å². The summed E-state index contributed by atoms with van der Waals surface area (Å²) in [4.78, 5) is 11.7. The Morgan fingerprint density at radius 2 is 1.94 bits per heavy atom. The Labute approximate surface area is 108 Å². The fourth-order valence-corrected chi connectivity index (χ4v) is 2.19. The summed E-state index contributed by atoms with van der Waals surface area (Å²) in [5, 5.41) is 2.90. The highest BCUT2D eigenvalue weighted by Crippen LogP contribution is 2.16. The Balaban J connectivity index is 1.91. The molecular formula is C15H18N2O. The molecule has 18 heavy (non-hydrogen) atoms. The van der Waals surface area contributed by atoms with Crippen molar-refractivity contribution in [2.45, 2.75) is 37.8 Å². The van der Waals surface area contributed by atoms with Crippen molar-refractivity contribution < 1.29 is 4.79 Å². The van der Waals surface area contributed by atoms with Crippen LogP contribution in [-0.2, 0) is 4.79 Å². The first-order valence-corrected chi connectivity index (χ1v) is 6.39. The molecule has 1 aromatic rings. The van der Waals surface area contributed by atoms with Crippen molar-refractivity contribution in [3.63, 3.8) is 0 Å². The van der Waals surface area contributed by atoms with Crippen molar-refractivity contribution in [3.05, 3.63) is 35.9 Å². The van der Waals surface area contributed by atoms with Gasteiger partial charge in [-0.05, 0) is 25.0 Å². The van der Waals surface area contributed by atoms with Crippen LogP contribution in [0.4, 0.5) is 0 Å². The summed E-state index contributed by atoms with van der Waals surface area (Å²) in [5.74, 6) is 5.22. The lowest BCUT2D eigenvalue weighted by atomic mass is 9.91. The van der Waals surface area contributed by atoms with Crippen LogP contribution in [-0.4, -0.2) is 18.0 Å². The number of hydrogen-bond donors (Lipinski definition) is 2. The van der Waals surface area contributed by atoms with E-state index >= 15 is 0 Å². The van der Waals surface area contributed by atoms with Crippen LogP contribution in [0.15, 0.2) is 30.3 Å². The lowest BCUT2D eigenvalue weighted by Crippen LogP contribution is -2.49. The van der Waals surface area contributed by atoms with Gasteiger partial charge >= 0.3 is 0 Å². The number of hydrogen-bond acceptors (Lipinski definition) is 2. The van der Waals surface area contributed by atoms with Gasteiger partial charge in [-0.1, -0.05) is 37.0 Å². The molecule has 0 spiro atoms. The Bertz CT molecular complexity index is 458. The summed E-state index contributed by atoms with van der Waals surface area (Å²) >= 11 is 0. The molecular weight excluding hydrogens is 224 g/mol. The number of carbonyl (C=O) groups is 1. The SMILES string of the molecule is N[C@@H]1CCCC[C@H]1NC(=O)C#Cc1ccccc1. The second kappa shape index (κ2) is 6.23. The molecule has 1 amide bonds. The summed E-state index contributed by atoms with van der Waals surface area (Å²) in [6.45, 7) is 0.